The van der Waals surface area contributed by atoms with Crippen LogP contribution in [0.4, 0.5) is 11.4 Å². The molecule has 0 atom stereocenters. The van der Waals surface area contributed by atoms with E-state index in [4.69, 9.17) is 9.47 Å². The van der Waals surface area contributed by atoms with Gasteiger partial charge < -0.3 is 9.47 Å². The molecule has 0 aliphatic carbocycles. The van der Waals surface area contributed by atoms with Gasteiger partial charge in [-0.1, -0.05) is 58.9 Å². The minimum atomic E-state index is -0.491. The van der Waals surface area contributed by atoms with Gasteiger partial charge in [-0.2, -0.15) is 10.1 Å². The molecule has 182 valence electrons. The fourth-order valence-electron chi connectivity index (χ4n) is 3.59. The first-order chi connectivity index (χ1) is 17.4. The van der Waals surface area contributed by atoms with E-state index in [9.17, 15) is 14.9 Å². The highest BCUT2D eigenvalue weighted by Crippen LogP contribution is 2.36. The van der Waals surface area contributed by atoms with Gasteiger partial charge in [0.1, 0.15) is 12.3 Å². The maximum Gasteiger partial charge on any atom is 0.281 e. The second-order valence-corrected chi connectivity index (χ2v) is 8.47. The lowest BCUT2D eigenvalue weighted by Crippen LogP contribution is -2.21. The van der Waals surface area contributed by atoms with Crippen molar-refractivity contribution in [1.29, 1.82) is 0 Å². The lowest BCUT2D eigenvalue weighted by Gasteiger charge is -2.14. The van der Waals surface area contributed by atoms with E-state index >= 15 is 0 Å². The van der Waals surface area contributed by atoms with Crippen LogP contribution in [0.15, 0.2) is 94.5 Å². The first-order valence-corrected chi connectivity index (χ1v) is 11.9. The molecule has 0 N–H and O–H groups in total. The highest BCUT2D eigenvalue weighted by Gasteiger charge is 2.32. The summed E-state index contributed by atoms with van der Waals surface area (Å²) in [5.41, 5.74) is 2.65. The number of hydrogen-bond acceptors (Lipinski definition) is 6. The molecule has 3 aromatic carbocycles. The van der Waals surface area contributed by atoms with Gasteiger partial charge in [-0.3, -0.25) is 14.9 Å². The Kier molecular flexibility index (Phi) is 7.60. The number of benzene rings is 3. The van der Waals surface area contributed by atoms with E-state index in [1.54, 1.807) is 24.3 Å². The lowest BCUT2D eigenvalue weighted by atomic mass is 10.00. The van der Waals surface area contributed by atoms with Crippen molar-refractivity contribution in [1.82, 2.24) is 0 Å². The van der Waals surface area contributed by atoms with E-state index in [1.165, 1.54) is 29.3 Å². The van der Waals surface area contributed by atoms with Crippen LogP contribution in [0.25, 0.3) is 6.08 Å². The van der Waals surface area contributed by atoms with Crippen molar-refractivity contribution in [2.75, 3.05) is 18.2 Å². The summed E-state index contributed by atoms with van der Waals surface area (Å²) in [6.45, 7) is 6.31. The molecule has 1 aliphatic heterocycles. The zero-order valence-corrected chi connectivity index (χ0v) is 21.0. The molecule has 0 aromatic heterocycles. The Balaban J connectivity index is 1.80. The Bertz CT molecular complexity index is 1370. The van der Waals surface area contributed by atoms with E-state index in [0.29, 0.717) is 51.7 Å². The van der Waals surface area contributed by atoms with Gasteiger partial charge in [-0.15, -0.1) is 0 Å². The van der Waals surface area contributed by atoms with Crippen LogP contribution in [-0.4, -0.2) is 29.8 Å². The molecule has 0 spiro atoms. The topological polar surface area (TPSA) is 94.3 Å². The standard InChI is InChI=1S/C27H22BrN3O5/c1-3-14-36-25-17-23(28)19(16-24(25)35-4-2)15-22-26(18-8-6-5-7-9-18)29-30(27(22)32)20-10-12-21(13-11-20)31(33)34/h3,5-13,15-17H,1,4,14H2,2H3. The number of carbonyl (C=O) groups excluding carboxylic acids is 1. The number of nitro groups is 1. The number of amides is 1. The molecule has 3 aromatic rings. The maximum absolute atomic E-state index is 13.6. The molecule has 0 radical (unpaired) electrons. The SMILES string of the molecule is C=CCOc1cc(Br)c(C=C2C(=O)N(c3ccc([N+](=O)[O-])cc3)N=C2c2ccccc2)cc1OCC. The van der Waals surface area contributed by atoms with E-state index in [0.717, 1.165) is 5.56 Å². The van der Waals surface area contributed by atoms with E-state index in [-0.39, 0.29) is 11.6 Å². The van der Waals surface area contributed by atoms with Crippen molar-refractivity contribution in [3.63, 3.8) is 0 Å². The molecule has 0 saturated carbocycles. The molecular weight excluding hydrogens is 526 g/mol. The monoisotopic (exact) mass is 547 g/mol. The van der Waals surface area contributed by atoms with Gasteiger partial charge in [0.05, 0.1) is 22.8 Å². The first kappa shape index (κ1) is 24.9. The van der Waals surface area contributed by atoms with Gasteiger partial charge in [0.25, 0.3) is 11.6 Å². The van der Waals surface area contributed by atoms with Crippen LogP contribution in [0.2, 0.25) is 0 Å². The fourth-order valence-corrected chi connectivity index (χ4v) is 4.03. The summed E-state index contributed by atoms with van der Waals surface area (Å²) >= 11 is 3.57. The van der Waals surface area contributed by atoms with Crippen LogP contribution >= 0.6 is 15.9 Å². The summed E-state index contributed by atoms with van der Waals surface area (Å²) in [6, 6.07) is 18.6. The van der Waals surface area contributed by atoms with Crippen LogP contribution in [0.3, 0.4) is 0 Å². The van der Waals surface area contributed by atoms with Crippen molar-refractivity contribution < 1.29 is 19.2 Å². The lowest BCUT2D eigenvalue weighted by molar-refractivity contribution is -0.384. The smallest absolute Gasteiger partial charge is 0.281 e. The van der Waals surface area contributed by atoms with Gasteiger partial charge >= 0.3 is 0 Å². The summed E-state index contributed by atoms with van der Waals surface area (Å²) < 4.78 is 12.2. The third-order valence-electron chi connectivity index (χ3n) is 5.25. The number of anilines is 1. The number of rotatable bonds is 9. The molecule has 0 saturated heterocycles. The predicted molar refractivity (Wildman–Crippen MR) is 143 cm³/mol. The number of carbonyl (C=O) groups is 1. The summed E-state index contributed by atoms with van der Waals surface area (Å²) in [6.07, 6.45) is 3.38. The number of hydrazone groups is 1. The number of hydrogen-bond donors (Lipinski definition) is 0. The number of nitrogens with zero attached hydrogens (tertiary/aromatic N) is 3. The molecular formula is C27H22BrN3O5. The molecule has 0 bridgehead atoms. The minimum Gasteiger partial charge on any atom is -0.490 e. The number of halogens is 1. The minimum absolute atomic E-state index is 0.0698. The molecule has 1 heterocycles. The summed E-state index contributed by atoms with van der Waals surface area (Å²) in [7, 11) is 0. The molecule has 1 aliphatic rings. The largest absolute Gasteiger partial charge is 0.490 e. The van der Waals surface area contributed by atoms with E-state index in [1.807, 2.05) is 37.3 Å². The summed E-state index contributed by atoms with van der Waals surface area (Å²) in [5.74, 6) is 0.720. The fraction of sp³-hybridized carbons (Fsp3) is 0.111. The zero-order chi connectivity index (χ0) is 25.7. The average molecular weight is 548 g/mol. The predicted octanol–water partition coefficient (Wildman–Crippen LogP) is 6.16. The highest BCUT2D eigenvalue weighted by atomic mass is 79.9. The summed E-state index contributed by atoms with van der Waals surface area (Å²) in [5, 5.41) is 16.9. The van der Waals surface area contributed by atoms with E-state index < -0.39 is 4.92 Å². The number of nitro benzene ring substituents is 1. The third kappa shape index (κ3) is 5.21. The first-order valence-electron chi connectivity index (χ1n) is 11.1. The van der Waals surface area contributed by atoms with Gasteiger partial charge in [0.15, 0.2) is 11.5 Å². The Morgan fingerprint density at radius 1 is 1.08 bits per heavy atom. The maximum atomic E-state index is 13.6. The van der Waals surface area contributed by atoms with Gasteiger partial charge in [0.2, 0.25) is 0 Å². The molecule has 8 nitrogen and oxygen atoms in total. The van der Waals surface area contributed by atoms with Gasteiger partial charge in [-0.25, -0.2) is 0 Å². The van der Waals surface area contributed by atoms with Crippen molar-refractivity contribution in [3.8, 4) is 11.5 Å². The molecule has 1 amide bonds. The van der Waals surface area contributed by atoms with E-state index in [2.05, 4.69) is 27.6 Å². The average Bonchev–Trinajstić information content (AvgIpc) is 3.21. The van der Waals surface area contributed by atoms with Crippen molar-refractivity contribution in [2.24, 2.45) is 5.10 Å². The van der Waals surface area contributed by atoms with Crippen molar-refractivity contribution in [3.05, 3.63) is 111 Å². The third-order valence-corrected chi connectivity index (χ3v) is 5.94. The van der Waals surface area contributed by atoms with Crippen molar-refractivity contribution >= 4 is 45.0 Å². The summed E-state index contributed by atoms with van der Waals surface area (Å²) in [4.78, 5) is 24.1. The second kappa shape index (κ2) is 11.0. The molecule has 36 heavy (non-hydrogen) atoms. The Hall–Kier alpha value is -4.24. The highest BCUT2D eigenvalue weighted by molar-refractivity contribution is 9.10. The number of non-ortho nitro benzene ring substituents is 1. The van der Waals surface area contributed by atoms with Gasteiger partial charge in [-0.05, 0) is 42.8 Å². The Morgan fingerprint density at radius 2 is 1.78 bits per heavy atom. The van der Waals surface area contributed by atoms with Crippen LogP contribution in [0.1, 0.15) is 18.1 Å². The normalized spacial score (nSPS) is 14.1. The molecule has 9 heteroatoms. The van der Waals surface area contributed by atoms with Crippen LogP contribution in [0, 0.1) is 10.1 Å². The zero-order valence-electron chi connectivity index (χ0n) is 19.4. The van der Waals surface area contributed by atoms with Crippen LogP contribution in [-0.2, 0) is 4.79 Å². The quantitative estimate of drug-likeness (QED) is 0.138. The van der Waals surface area contributed by atoms with Crippen LogP contribution < -0.4 is 14.5 Å². The Labute approximate surface area is 216 Å². The van der Waals surface area contributed by atoms with Crippen LogP contribution in [0.5, 0.6) is 11.5 Å². The van der Waals surface area contributed by atoms with Crippen molar-refractivity contribution in [2.45, 2.75) is 6.92 Å². The number of ether oxygens (including phenoxy) is 2. The molecule has 0 unspecified atom stereocenters. The molecule has 4 rings (SSSR count). The second-order valence-electron chi connectivity index (χ2n) is 7.62. The molecule has 0 fully saturated rings. The van der Waals surface area contributed by atoms with Gasteiger partial charge in [0, 0.05) is 22.2 Å². The Morgan fingerprint density at radius 3 is 2.42 bits per heavy atom.